The van der Waals surface area contributed by atoms with Crippen molar-refractivity contribution in [2.24, 2.45) is 0 Å². The molecule has 0 atom stereocenters. The van der Waals surface area contributed by atoms with E-state index in [1.807, 2.05) is 29.1 Å². The Balaban J connectivity index is 1.99. The van der Waals surface area contributed by atoms with Gasteiger partial charge in [0.05, 0.1) is 17.2 Å². The van der Waals surface area contributed by atoms with Crippen molar-refractivity contribution < 1.29 is 9.53 Å². The van der Waals surface area contributed by atoms with Crippen molar-refractivity contribution in [3.63, 3.8) is 0 Å². The van der Waals surface area contributed by atoms with Crippen LogP contribution in [0.4, 0.5) is 0 Å². The number of halogens is 2. The molecule has 0 aliphatic rings. The zero-order chi connectivity index (χ0) is 14.5. The van der Waals surface area contributed by atoms with Gasteiger partial charge in [0.2, 0.25) is 0 Å². The van der Waals surface area contributed by atoms with Gasteiger partial charge in [0.25, 0.3) is 5.91 Å². The van der Waals surface area contributed by atoms with E-state index >= 15 is 0 Å². The Hall–Kier alpha value is -1.65. The van der Waals surface area contributed by atoms with Gasteiger partial charge in [-0.25, -0.2) is 0 Å². The van der Waals surface area contributed by atoms with Gasteiger partial charge >= 0.3 is 0 Å². The summed E-state index contributed by atoms with van der Waals surface area (Å²) in [6.07, 6.45) is 3.88. The molecule has 1 N–H and O–H groups in total. The molecule has 2 rings (SSSR count). The van der Waals surface area contributed by atoms with E-state index in [1.165, 1.54) is 19.2 Å². The van der Waals surface area contributed by atoms with Gasteiger partial charge in [-0.15, -0.1) is 0 Å². The topological polar surface area (TPSA) is 43.3 Å². The van der Waals surface area contributed by atoms with Gasteiger partial charge in [-0.05, 0) is 24.3 Å². The molecular formula is C14H14Cl2N2O2. The monoisotopic (exact) mass is 312 g/mol. The summed E-state index contributed by atoms with van der Waals surface area (Å²) in [6, 6.07) is 6.95. The highest BCUT2D eigenvalue weighted by Crippen LogP contribution is 2.33. The molecule has 0 aliphatic carbocycles. The number of aromatic nitrogens is 1. The van der Waals surface area contributed by atoms with E-state index in [-0.39, 0.29) is 5.91 Å². The maximum Gasteiger partial charge on any atom is 0.251 e. The second-order valence-corrected chi connectivity index (χ2v) is 4.96. The number of ether oxygens (including phenoxy) is 1. The van der Waals surface area contributed by atoms with E-state index < -0.39 is 0 Å². The summed E-state index contributed by atoms with van der Waals surface area (Å²) in [4.78, 5) is 12.0. The summed E-state index contributed by atoms with van der Waals surface area (Å²) in [5.41, 5.74) is 0.410. The Kier molecular flexibility index (Phi) is 4.93. The van der Waals surface area contributed by atoms with Gasteiger partial charge in [0.15, 0.2) is 5.75 Å². The predicted octanol–water partition coefficient (Wildman–Crippen LogP) is 3.23. The minimum atomic E-state index is -0.219. The molecular weight excluding hydrogens is 299 g/mol. The highest BCUT2D eigenvalue weighted by molar-refractivity contribution is 6.37. The Morgan fingerprint density at radius 2 is 1.85 bits per heavy atom. The lowest BCUT2D eigenvalue weighted by molar-refractivity contribution is 0.0952. The lowest BCUT2D eigenvalue weighted by Gasteiger charge is -2.10. The van der Waals surface area contributed by atoms with Gasteiger partial charge in [-0.3, -0.25) is 4.79 Å². The number of carbonyl (C=O) groups excluding carboxylic acids is 1. The molecule has 6 heteroatoms. The summed E-state index contributed by atoms with van der Waals surface area (Å²) in [7, 11) is 1.48. The number of nitrogens with one attached hydrogen (secondary N) is 1. The van der Waals surface area contributed by atoms with Crippen molar-refractivity contribution >= 4 is 29.1 Å². The smallest absolute Gasteiger partial charge is 0.251 e. The molecule has 20 heavy (non-hydrogen) atoms. The van der Waals surface area contributed by atoms with Crippen LogP contribution in [0.3, 0.4) is 0 Å². The molecule has 106 valence electrons. The summed E-state index contributed by atoms with van der Waals surface area (Å²) in [5.74, 6) is 0.154. The predicted molar refractivity (Wildman–Crippen MR) is 79.8 cm³/mol. The Labute approximate surface area is 127 Å². The molecule has 0 aliphatic heterocycles. The SMILES string of the molecule is COc1c(Cl)cc(C(=O)NCCn2cccc2)cc1Cl. The number of nitrogens with zero attached hydrogens (tertiary/aromatic N) is 1. The van der Waals surface area contributed by atoms with Crippen LogP contribution in [0.2, 0.25) is 10.0 Å². The van der Waals surface area contributed by atoms with Crippen LogP contribution in [-0.4, -0.2) is 24.1 Å². The zero-order valence-corrected chi connectivity index (χ0v) is 12.4. The van der Waals surface area contributed by atoms with Crippen LogP contribution >= 0.6 is 23.2 Å². The van der Waals surface area contributed by atoms with E-state index in [0.717, 1.165) is 0 Å². The van der Waals surface area contributed by atoms with Crippen molar-refractivity contribution in [3.8, 4) is 5.75 Å². The van der Waals surface area contributed by atoms with Crippen LogP contribution in [0.25, 0.3) is 0 Å². The average Bonchev–Trinajstić information content (AvgIpc) is 2.91. The Bertz CT molecular complexity index is 574. The Morgan fingerprint density at radius 3 is 2.40 bits per heavy atom. The summed E-state index contributed by atoms with van der Waals surface area (Å²) in [5, 5.41) is 3.44. The zero-order valence-electron chi connectivity index (χ0n) is 10.9. The first-order valence-corrected chi connectivity index (χ1v) is 6.79. The molecule has 0 unspecified atom stereocenters. The minimum Gasteiger partial charge on any atom is -0.494 e. The molecule has 0 fully saturated rings. The van der Waals surface area contributed by atoms with Gasteiger partial charge in [0, 0.05) is 31.0 Å². The molecule has 0 radical (unpaired) electrons. The fourth-order valence-electron chi connectivity index (χ4n) is 1.81. The molecule has 4 nitrogen and oxygen atoms in total. The lowest BCUT2D eigenvalue weighted by atomic mass is 10.2. The van der Waals surface area contributed by atoms with Gasteiger partial charge in [-0.1, -0.05) is 23.2 Å². The van der Waals surface area contributed by atoms with Gasteiger partial charge < -0.3 is 14.6 Å². The third kappa shape index (κ3) is 3.46. The molecule has 1 aromatic carbocycles. The standard InChI is InChI=1S/C14H14Cl2N2O2/c1-20-13-11(15)8-10(9-12(13)16)14(19)17-4-7-18-5-2-3-6-18/h2-3,5-6,8-9H,4,7H2,1H3,(H,17,19). The van der Waals surface area contributed by atoms with Gasteiger partial charge in [-0.2, -0.15) is 0 Å². The van der Waals surface area contributed by atoms with Crippen LogP contribution in [0, 0.1) is 0 Å². The quantitative estimate of drug-likeness (QED) is 0.921. The largest absolute Gasteiger partial charge is 0.494 e. The number of benzene rings is 1. The van der Waals surface area contributed by atoms with Crippen molar-refractivity contribution in [1.29, 1.82) is 0 Å². The highest BCUT2D eigenvalue weighted by atomic mass is 35.5. The first kappa shape index (κ1) is 14.8. The fourth-order valence-corrected chi connectivity index (χ4v) is 2.45. The number of methoxy groups -OCH3 is 1. The molecule has 0 bridgehead atoms. The second kappa shape index (κ2) is 6.68. The molecule has 0 saturated carbocycles. The van der Waals surface area contributed by atoms with Crippen molar-refractivity contribution in [2.75, 3.05) is 13.7 Å². The normalized spacial score (nSPS) is 10.3. The molecule has 0 saturated heterocycles. The van der Waals surface area contributed by atoms with Crippen LogP contribution in [0.1, 0.15) is 10.4 Å². The molecule has 1 amide bonds. The third-order valence-corrected chi connectivity index (χ3v) is 3.35. The van der Waals surface area contributed by atoms with E-state index in [9.17, 15) is 4.79 Å². The molecule has 2 aromatic rings. The summed E-state index contributed by atoms with van der Waals surface area (Å²) < 4.78 is 7.02. The van der Waals surface area contributed by atoms with E-state index in [4.69, 9.17) is 27.9 Å². The van der Waals surface area contributed by atoms with Crippen LogP contribution in [0.5, 0.6) is 5.75 Å². The van der Waals surface area contributed by atoms with Crippen LogP contribution in [0.15, 0.2) is 36.7 Å². The van der Waals surface area contributed by atoms with Crippen molar-refractivity contribution in [2.45, 2.75) is 6.54 Å². The fraction of sp³-hybridized carbons (Fsp3) is 0.214. The maximum absolute atomic E-state index is 12.0. The van der Waals surface area contributed by atoms with Crippen LogP contribution < -0.4 is 10.1 Å². The highest BCUT2D eigenvalue weighted by Gasteiger charge is 2.13. The summed E-state index contributed by atoms with van der Waals surface area (Å²) >= 11 is 12.0. The van der Waals surface area contributed by atoms with Crippen molar-refractivity contribution in [1.82, 2.24) is 9.88 Å². The number of carbonyl (C=O) groups is 1. The average molecular weight is 313 g/mol. The molecule has 1 aromatic heterocycles. The first-order valence-electron chi connectivity index (χ1n) is 6.04. The lowest BCUT2D eigenvalue weighted by Crippen LogP contribution is -2.27. The maximum atomic E-state index is 12.0. The van der Waals surface area contributed by atoms with Crippen LogP contribution in [-0.2, 0) is 6.54 Å². The van der Waals surface area contributed by atoms with E-state index in [2.05, 4.69) is 5.32 Å². The molecule has 0 spiro atoms. The minimum absolute atomic E-state index is 0.219. The summed E-state index contributed by atoms with van der Waals surface area (Å²) in [6.45, 7) is 1.23. The first-order chi connectivity index (χ1) is 9.61. The second-order valence-electron chi connectivity index (χ2n) is 4.15. The third-order valence-electron chi connectivity index (χ3n) is 2.79. The van der Waals surface area contributed by atoms with E-state index in [1.54, 1.807) is 0 Å². The molecule has 1 heterocycles. The number of rotatable bonds is 5. The number of hydrogen-bond donors (Lipinski definition) is 1. The Morgan fingerprint density at radius 1 is 1.25 bits per heavy atom. The van der Waals surface area contributed by atoms with Crippen molar-refractivity contribution in [3.05, 3.63) is 52.3 Å². The van der Waals surface area contributed by atoms with E-state index in [0.29, 0.717) is 34.4 Å². The van der Waals surface area contributed by atoms with Gasteiger partial charge in [0.1, 0.15) is 0 Å². The number of amides is 1. The number of hydrogen-bond acceptors (Lipinski definition) is 2.